The van der Waals surface area contributed by atoms with E-state index in [2.05, 4.69) is 10.3 Å². The highest BCUT2D eigenvalue weighted by molar-refractivity contribution is 6.29. The van der Waals surface area contributed by atoms with Gasteiger partial charge in [-0.3, -0.25) is 0 Å². The van der Waals surface area contributed by atoms with E-state index in [4.69, 9.17) is 16.3 Å². The maximum Gasteiger partial charge on any atom is 0.132 e. The molecule has 19 heavy (non-hydrogen) atoms. The van der Waals surface area contributed by atoms with Crippen molar-refractivity contribution in [1.82, 2.24) is 4.98 Å². The quantitative estimate of drug-likeness (QED) is 0.858. The highest BCUT2D eigenvalue weighted by Crippen LogP contribution is 2.30. The number of anilines is 1. The Balaban J connectivity index is 2.27. The van der Waals surface area contributed by atoms with Crippen LogP contribution >= 0.6 is 11.6 Å². The molecule has 1 heterocycles. The van der Waals surface area contributed by atoms with E-state index in [9.17, 15) is 4.39 Å². The smallest absolute Gasteiger partial charge is 0.132 e. The zero-order chi connectivity index (χ0) is 13.8. The topological polar surface area (TPSA) is 34.1 Å². The van der Waals surface area contributed by atoms with Gasteiger partial charge in [0.25, 0.3) is 0 Å². The molecular weight excluding hydrogens is 267 g/mol. The summed E-state index contributed by atoms with van der Waals surface area (Å²) in [5.41, 5.74) is 1.26. The van der Waals surface area contributed by atoms with Gasteiger partial charge in [-0.05, 0) is 31.2 Å². The Morgan fingerprint density at radius 2 is 2.16 bits per heavy atom. The first-order chi connectivity index (χ1) is 9.11. The first-order valence-electron chi connectivity index (χ1n) is 5.82. The van der Waals surface area contributed by atoms with Crippen molar-refractivity contribution in [3.63, 3.8) is 0 Å². The highest BCUT2D eigenvalue weighted by Gasteiger charge is 2.16. The van der Waals surface area contributed by atoms with Crippen molar-refractivity contribution in [2.24, 2.45) is 0 Å². The lowest BCUT2D eigenvalue weighted by Gasteiger charge is -2.19. The molecule has 0 aliphatic carbocycles. The number of methoxy groups -OCH3 is 1. The Hall–Kier alpha value is -1.81. The van der Waals surface area contributed by atoms with Gasteiger partial charge in [0.05, 0.1) is 18.7 Å². The zero-order valence-electron chi connectivity index (χ0n) is 10.7. The number of aromatic nitrogens is 1. The van der Waals surface area contributed by atoms with E-state index in [0.29, 0.717) is 16.5 Å². The van der Waals surface area contributed by atoms with Crippen LogP contribution in [-0.4, -0.2) is 12.1 Å². The lowest BCUT2D eigenvalue weighted by molar-refractivity contribution is 0.402. The summed E-state index contributed by atoms with van der Waals surface area (Å²) in [6.45, 7) is 1.86. The van der Waals surface area contributed by atoms with Gasteiger partial charge in [-0.15, -0.1) is 0 Å². The molecule has 0 fully saturated rings. The van der Waals surface area contributed by atoms with Crippen LogP contribution < -0.4 is 10.1 Å². The first kappa shape index (κ1) is 13.6. The van der Waals surface area contributed by atoms with Gasteiger partial charge in [-0.1, -0.05) is 17.7 Å². The van der Waals surface area contributed by atoms with Crippen LogP contribution in [0.2, 0.25) is 5.15 Å². The molecule has 0 aliphatic heterocycles. The SMILES string of the molecule is COc1cccc(F)c1C(C)Nc1ccnc(Cl)c1. The Morgan fingerprint density at radius 3 is 2.84 bits per heavy atom. The van der Waals surface area contributed by atoms with Crippen molar-refractivity contribution in [2.75, 3.05) is 12.4 Å². The predicted molar refractivity (Wildman–Crippen MR) is 74.2 cm³/mol. The third-order valence-electron chi connectivity index (χ3n) is 2.78. The first-order valence-corrected chi connectivity index (χ1v) is 6.20. The maximum absolute atomic E-state index is 13.9. The Bertz CT molecular complexity index is 577. The number of ether oxygens (including phenoxy) is 1. The summed E-state index contributed by atoms with van der Waals surface area (Å²) in [4.78, 5) is 3.90. The Labute approximate surface area is 116 Å². The number of nitrogens with one attached hydrogen (secondary N) is 1. The van der Waals surface area contributed by atoms with Crippen molar-refractivity contribution in [3.8, 4) is 5.75 Å². The average molecular weight is 281 g/mol. The summed E-state index contributed by atoms with van der Waals surface area (Å²) in [6, 6.07) is 7.97. The van der Waals surface area contributed by atoms with Crippen LogP contribution in [0, 0.1) is 5.82 Å². The Morgan fingerprint density at radius 1 is 1.37 bits per heavy atom. The number of benzene rings is 1. The molecule has 1 unspecified atom stereocenters. The second-order valence-corrected chi connectivity index (χ2v) is 4.48. The summed E-state index contributed by atoms with van der Waals surface area (Å²) < 4.78 is 19.1. The van der Waals surface area contributed by atoms with Gasteiger partial charge in [-0.2, -0.15) is 0 Å². The van der Waals surface area contributed by atoms with E-state index < -0.39 is 0 Å². The zero-order valence-corrected chi connectivity index (χ0v) is 11.4. The minimum absolute atomic E-state index is 0.255. The van der Waals surface area contributed by atoms with E-state index in [1.807, 2.05) is 6.92 Å². The normalized spacial score (nSPS) is 12.0. The fourth-order valence-corrected chi connectivity index (χ4v) is 2.10. The second-order valence-electron chi connectivity index (χ2n) is 4.09. The van der Waals surface area contributed by atoms with E-state index in [1.165, 1.54) is 13.2 Å². The predicted octanol–water partition coefficient (Wildman–Crippen LogP) is 4.06. The minimum atomic E-state index is -0.306. The van der Waals surface area contributed by atoms with Crippen molar-refractivity contribution in [3.05, 3.63) is 53.1 Å². The molecule has 0 radical (unpaired) electrons. The molecule has 0 bridgehead atoms. The third kappa shape index (κ3) is 3.15. The minimum Gasteiger partial charge on any atom is -0.496 e. The van der Waals surface area contributed by atoms with Crippen LogP contribution in [0.1, 0.15) is 18.5 Å². The Kier molecular flexibility index (Phi) is 4.22. The monoisotopic (exact) mass is 280 g/mol. The molecule has 100 valence electrons. The summed E-state index contributed by atoms with van der Waals surface area (Å²) in [5, 5.41) is 3.56. The molecule has 0 saturated carbocycles. The molecule has 2 aromatic rings. The van der Waals surface area contributed by atoms with Crippen molar-refractivity contribution in [2.45, 2.75) is 13.0 Å². The van der Waals surface area contributed by atoms with Gasteiger partial charge in [0.15, 0.2) is 0 Å². The fraction of sp³-hybridized carbons (Fsp3) is 0.214. The van der Waals surface area contributed by atoms with Gasteiger partial charge in [0.2, 0.25) is 0 Å². The van der Waals surface area contributed by atoms with Crippen molar-refractivity contribution < 1.29 is 9.13 Å². The molecule has 3 nitrogen and oxygen atoms in total. The van der Waals surface area contributed by atoms with Crippen LogP contribution in [0.3, 0.4) is 0 Å². The molecule has 1 N–H and O–H groups in total. The molecule has 5 heteroatoms. The molecule has 0 amide bonds. The number of halogens is 2. The van der Waals surface area contributed by atoms with Crippen LogP contribution in [0.5, 0.6) is 5.75 Å². The number of pyridine rings is 1. The van der Waals surface area contributed by atoms with Gasteiger partial charge >= 0.3 is 0 Å². The van der Waals surface area contributed by atoms with Crippen molar-refractivity contribution in [1.29, 1.82) is 0 Å². The second kappa shape index (κ2) is 5.89. The van der Waals surface area contributed by atoms with Gasteiger partial charge in [0, 0.05) is 11.9 Å². The summed E-state index contributed by atoms with van der Waals surface area (Å²) in [7, 11) is 1.52. The van der Waals surface area contributed by atoms with Crippen molar-refractivity contribution >= 4 is 17.3 Å². The highest BCUT2D eigenvalue weighted by atomic mass is 35.5. The number of nitrogens with zero attached hydrogens (tertiary/aromatic N) is 1. The summed E-state index contributed by atoms with van der Waals surface area (Å²) in [5.74, 6) is 0.208. The molecule has 0 aliphatic rings. The molecule has 0 saturated heterocycles. The summed E-state index contributed by atoms with van der Waals surface area (Å²) in [6.07, 6.45) is 1.59. The summed E-state index contributed by atoms with van der Waals surface area (Å²) >= 11 is 5.81. The molecular formula is C14H14ClFN2O. The van der Waals surface area contributed by atoms with E-state index >= 15 is 0 Å². The lowest BCUT2D eigenvalue weighted by Crippen LogP contribution is -2.10. The van der Waals surface area contributed by atoms with Crippen LogP contribution in [-0.2, 0) is 0 Å². The fourth-order valence-electron chi connectivity index (χ4n) is 1.93. The van der Waals surface area contributed by atoms with E-state index in [0.717, 1.165) is 5.69 Å². The van der Waals surface area contributed by atoms with E-state index in [-0.39, 0.29) is 11.9 Å². The average Bonchev–Trinajstić information content (AvgIpc) is 2.38. The molecule has 2 rings (SSSR count). The van der Waals surface area contributed by atoms with Gasteiger partial charge < -0.3 is 10.1 Å². The van der Waals surface area contributed by atoms with Crippen LogP contribution in [0.15, 0.2) is 36.5 Å². The van der Waals surface area contributed by atoms with Gasteiger partial charge in [-0.25, -0.2) is 9.37 Å². The molecule has 1 aromatic carbocycles. The maximum atomic E-state index is 13.9. The molecule has 1 aromatic heterocycles. The lowest BCUT2D eigenvalue weighted by atomic mass is 10.1. The number of hydrogen-bond acceptors (Lipinski definition) is 3. The third-order valence-corrected chi connectivity index (χ3v) is 2.98. The molecule has 1 atom stereocenters. The van der Waals surface area contributed by atoms with Gasteiger partial charge in [0.1, 0.15) is 16.7 Å². The standard InChI is InChI=1S/C14H14ClFN2O/c1-9(18-10-6-7-17-13(15)8-10)14-11(16)4-3-5-12(14)19-2/h3-9H,1-2H3,(H,17,18). The largest absolute Gasteiger partial charge is 0.496 e. The van der Waals surface area contributed by atoms with E-state index in [1.54, 1.807) is 30.5 Å². The van der Waals surface area contributed by atoms with Crippen LogP contribution in [0.4, 0.5) is 10.1 Å². The number of rotatable bonds is 4. The molecule has 0 spiro atoms. The van der Waals surface area contributed by atoms with Crippen LogP contribution in [0.25, 0.3) is 0 Å². The number of hydrogen-bond donors (Lipinski definition) is 1.